The number of halogens is 1. The lowest BCUT2D eigenvalue weighted by molar-refractivity contribution is -0.123. The molecule has 0 aliphatic carbocycles. The fraction of sp³-hybridized carbons (Fsp3) is 0.286. The van der Waals surface area contributed by atoms with Crippen LogP contribution in [0.3, 0.4) is 0 Å². The lowest BCUT2D eigenvalue weighted by atomic mass is 10.1. The highest BCUT2D eigenvalue weighted by Crippen LogP contribution is 2.34. The van der Waals surface area contributed by atoms with Gasteiger partial charge in [0.15, 0.2) is 6.61 Å². The van der Waals surface area contributed by atoms with Gasteiger partial charge in [0.25, 0.3) is 11.8 Å². The third-order valence-corrected chi connectivity index (χ3v) is 4.32. The van der Waals surface area contributed by atoms with E-state index in [1.165, 1.54) is 4.90 Å². The van der Waals surface area contributed by atoms with Crippen molar-refractivity contribution in [2.24, 2.45) is 0 Å². The summed E-state index contributed by atoms with van der Waals surface area (Å²) in [5.41, 5.74) is 1.13. The molecule has 1 aliphatic heterocycles. The topological polar surface area (TPSA) is 87.7 Å². The molecule has 8 heteroatoms. The molecular weight excluding hydrogens is 394 g/mol. The number of carbonyl (C=O) groups is 3. The third kappa shape index (κ3) is 5.26. The van der Waals surface area contributed by atoms with Crippen LogP contribution in [-0.4, -0.2) is 36.4 Å². The summed E-state index contributed by atoms with van der Waals surface area (Å²) in [5, 5.41) is 6.05. The first-order valence-corrected chi connectivity index (χ1v) is 9.45. The first kappa shape index (κ1) is 20.7. The molecule has 7 nitrogen and oxygen atoms in total. The van der Waals surface area contributed by atoms with Crippen LogP contribution < -0.4 is 20.3 Å². The van der Waals surface area contributed by atoms with Gasteiger partial charge in [-0.15, -0.1) is 0 Å². The van der Waals surface area contributed by atoms with Crippen molar-refractivity contribution >= 4 is 40.7 Å². The van der Waals surface area contributed by atoms with E-state index >= 15 is 0 Å². The smallest absolute Gasteiger partial charge is 0.265 e. The molecule has 2 N–H and O–H groups in total. The molecular formula is C21H22ClN3O4. The van der Waals surface area contributed by atoms with Crippen LogP contribution in [0, 0.1) is 0 Å². The maximum absolute atomic E-state index is 12.5. The van der Waals surface area contributed by atoms with Crippen molar-refractivity contribution in [1.82, 2.24) is 5.32 Å². The number of rotatable bonds is 4. The van der Waals surface area contributed by atoms with Gasteiger partial charge in [0.2, 0.25) is 5.91 Å². The lowest BCUT2D eigenvalue weighted by Gasteiger charge is -2.29. The fourth-order valence-electron chi connectivity index (χ4n) is 2.81. The van der Waals surface area contributed by atoms with Crippen LogP contribution in [0.25, 0.3) is 0 Å². The monoisotopic (exact) mass is 415 g/mol. The number of fused-ring (bicyclic) bond motifs is 1. The molecule has 0 saturated heterocycles. The molecule has 2 aromatic rings. The van der Waals surface area contributed by atoms with E-state index in [4.69, 9.17) is 16.3 Å². The molecule has 0 atom stereocenters. The summed E-state index contributed by atoms with van der Waals surface area (Å²) >= 11 is 6.01. The number of carbonyl (C=O) groups excluding carboxylic acids is 3. The summed E-state index contributed by atoms with van der Waals surface area (Å²) in [5.74, 6) is -0.402. The van der Waals surface area contributed by atoms with Gasteiger partial charge in [-0.05, 0) is 63.2 Å². The van der Waals surface area contributed by atoms with Gasteiger partial charge in [-0.3, -0.25) is 19.3 Å². The van der Waals surface area contributed by atoms with Crippen molar-refractivity contribution in [3.8, 4) is 5.75 Å². The van der Waals surface area contributed by atoms with Crippen molar-refractivity contribution in [2.75, 3.05) is 23.4 Å². The highest BCUT2D eigenvalue weighted by Gasteiger charge is 2.27. The lowest BCUT2D eigenvalue weighted by Crippen LogP contribution is -2.43. The van der Waals surface area contributed by atoms with Crippen molar-refractivity contribution in [3.63, 3.8) is 0 Å². The van der Waals surface area contributed by atoms with Crippen molar-refractivity contribution in [1.29, 1.82) is 0 Å². The van der Waals surface area contributed by atoms with Crippen LogP contribution in [-0.2, 0) is 9.59 Å². The van der Waals surface area contributed by atoms with Crippen molar-refractivity contribution < 1.29 is 19.1 Å². The quantitative estimate of drug-likeness (QED) is 0.802. The Morgan fingerprint density at radius 3 is 2.48 bits per heavy atom. The van der Waals surface area contributed by atoms with Crippen LogP contribution >= 0.6 is 11.6 Å². The minimum absolute atomic E-state index is 0.139. The fourth-order valence-corrected chi connectivity index (χ4v) is 2.98. The van der Waals surface area contributed by atoms with Gasteiger partial charge < -0.3 is 15.4 Å². The molecule has 0 saturated carbocycles. The molecule has 0 spiro atoms. The first-order valence-electron chi connectivity index (χ1n) is 9.07. The molecule has 0 radical (unpaired) electrons. The molecule has 3 amide bonds. The van der Waals surface area contributed by atoms with E-state index in [1.807, 2.05) is 20.8 Å². The van der Waals surface area contributed by atoms with Crippen LogP contribution in [0.1, 0.15) is 31.1 Å². The average molecular weight is 416 g/mol. The van der Waals surface area contributed by atoms with E-state index in [9.17, 15) is 14.4 Å². The van der Waals surface area contributed by atoms with Crippen LogP contribution in [0.15, 0.2) is 42.5 Å². The second-order valence-electron chi connectivity index (χ2n) is 7.71. The molecule has 0 unspecified atom stereocenters. The zero-order chi connectivity index (χ0) is 21.2. The van der Waals surface area contributed by atoms with Gasteiger partial charge in [-0.2, -0.15) is 0 Å². The standard InChI is InChI=1S/C21H22ClN3O4/c1-21(2,3)24-20(28)13-4-7-15(8-5-13)23-18(26)11-25-16-10-14(22)6-9-17(16)29-12-19(25)27/h4-10H,11-12H2,1-3H3,(H,23,26)(H,24,28). The Balaban J connectivity index is 1.66. The summed E-state index contributed by atoms with van der Waals surface area (Å²) in [4.78, 5) is 38.2. The zero-order valence-electron chi connectivity index (χ0n) is 16.4. The average Bonchev–Trinajstić information content (AvgIpc) is 2.63. The Labute approximate surface area is 174 Å². The first-order chi connectivity index (χ1) is 13.6. The molecule has 0 fully saturated rings. The summed E-state index contributed by atoms with van der Waals surface area (Å²) in [6.07, 6.45) is 0. The molecule has 3 rings (SSSR count). The van der Waals surface area contributed by atoms with Crippen molar-refractivity contribution in [2.45, 2.75) is 26.3 Å². The second kappa shape index (κ2) is 8.13. The number of hydrogen-bond acceptors (Lipinski definition) is 4. The molecule has 0 aromatic heterocycles. The third-order valence-electron chi connectivity index (χ3n) is 4.09. The highest BCUT2D eigenvalue weighted by molar-refractivity contribution is 6.31. The van der Waals surface area contributed by atoms with Gasteiger partial charge in [-0.1, -0.05) is 11.6 Å². The SMILES string of the molecule is CC(C)(C)NC(=O)c1ccc(NC(=O)CN2C(=O)COc3ccc(Cl)cc32)cc1. The Hall–Kier alpha value is -3.06. The molecule has 29 heavy (non-hydrogen) atoms. The Morgan fingerprint density at radius 1 is 1.14 bits per heavy atom. The van der Waals surface area contributed by atoms with Gasteiger partial charge in [0.05, 0.1) is 5.69 Å². The summed E-state index contributed by atoms with van der Waals surface area (Å²) < 4.78 is 5.37. The number of benzene rings is 2. The Kier molecular flexibility index (Phi) is 5.79. The number of nitrogens with one attached hydrogen (secondary N) is 2. The molecule has 152 valence electrons. The van der Waals surface area contributed by atoms with Crippen LogP contribution in [0.2, 0.25) is 5.02 Å². The van der Waals surface area contributed by atoms with E-state index in [-0.39, 0.29) is 36.4 Å². The van der Waals surface area contributed by atoms with Gasteiger partial charge >= 0.3 is 0 Å². The van der Waals surface area contributed by atoms with Gasteiger partial charge in [-0.25, -0.2) is 0 Å². The molecule has 1 aliphatic rings. The summed E-state index contributed by atoms with van der Waals surface area (Å²) in [6.45, 7) is 5.38. The van der Waals surface area contributed by atoms with Crippen LogP contribution in [0.4, 0.5) is 11.4 Å². The van der Waals surface area contributed by atoms with Crippen LogP contribution in [0.5, 0.6) is 5.75 Å². The van der Waals surface area contributed by atoms with Crippen molar-refractivity contribution in [3.05, 3.63) is 53.1 Å². The Morgan fingerprint density at radius 2 is 1.83 bits per heavy atom. The molecule has 0 bridgehead atoms. The summed E-state index contributed by atoms with van der Waals surface area (Å²) in [6, 6.07) is 11.5. The van der Waals surface area contributed by atoms with E-state index in [1.54, 1.807) is 42.5 Å². The Bertz CT molecular complexity index is 951. The maximum atomic E-state index is 12.5. The normalized spacial score (nSPS) is 13.4. The van der Waals surface area contributed by atoms with E-state index < -0.39 is 0 Å². The largest absolute Gasteiger partial charge is 0.482 e. The minimum atomic E-state index is -0.377. The number of hydrogen-bond donors (Lipinski definition) is 2. The number of ether oxygens (including phenoxy) is 1. The maximum Gasteiger partial charge on any atom is 0.265 e. The van der Waals surface area contributed by atoms with E-state index in [2.05, 4.69) is 10.6 Å². The number of amides is 3. The van der Waals surface area contributed by atoms with Gasteiger partial charge in [0.1, 0.15) is 12.3 Å². The predicted octanol–water partition coefficient (Wildman–Crippen LogP) is 3.23. The molecule has 1 heterocycles. The number of anilines is 2. The second-order valence-corrected chi connectivity index (χ2v) is 8.15. The summed E-state index contributed by atoms with van der Waals surface area (Å²) in [7, 11) is 0. The predicted molar refractivity (Wildman–Crippen MR) is 112 cm³/mol. The number of nitrogens with zero attached hydrogens (tertiary/aromatic N) is 1. The van der Waals surface area contributed by atoms with Gasteiger partial charge in [0, 0.05) is 21.8 Å². The zero-order valence-corrected chi connectivity index (χ0v) is 17.2. The highest BCUT2D eigenvalue weighted by atomic mass is 35.5. The van der Waals surface area contributed by atoms with E-state index in [0.717, 1.165) is 0 Å². The minimum Gasteiger partial charge on any atom is -0.482 e. The van der Waals surface area contributed by atoms with E-state index in [0.29, 0.717) is 27.7 Å². The molecule has 2 aromatic carbocycles.